The van der Waals surface area contributed by atoms with Crippen LogP contribution >= 0.6 is 0 Å². The molecule has 0 spiro atoms. The average molecular weight is 244 g/mol. The molecule has 0 saturated carbocycles. The van der Waals surface area contributed by atoms with E-state index in [1.807, 2.05) is 23.2 Å². The van der Waals surface area contributed by atoms with E-state index >= 15 is 0 Å². The van der Waals surface area contributed by atoms with Crippen molar-refractivity contribution in [2.75, 3.05) is 19.8 Å². The number of rotatable bonds is 2. The summed E-state index contributed by atoms with van der Waals surface area (Å²) in [5, 5.41) is 1.17. The molecule has 0 radical (unpaired) electrons. The van der Waals surface area contributed by atoms with E-state index in [2.05, 4.69) is 17.1 Å². The van der Waals surface area contributed by atoms with Crippen LogP contribution in [0, 0.1) is 0 Å². The topological polar surface area (TPSA) is 45.3 Å². The lowest BCUT2D eigenvalue weighted by Crippen LogP contribution is -2.29. The Morgan fingerprint density at radius 2 is 2.33 bits per heavy atom. The van der Waals surface area contributed by atoms with E-state index in [0.29, 0.717) is 6.61 Å². The smallest absolute Gasteiger partial charge is 0.210 e. The molecule has 1 fully saturated rings. The number of nitrogens with zero attached hydrogens (tertiary/aromatic N) is 1. The largest absolute Gasteiger partial charge is 0.379 e. The SMILES string of the molecule is O=CN1CCCOC[C@H]1c1cccc2[nH]ccc12. The van der Waals surface area contributed by atoms with E-state index in [-0.39, 0.29) is 6.04 Å². The van der Waals surface area contributed by atoms with Gasteiger partial charge in [-0.1, -0.05) is 12.1 Å². The molecule has 1 amide bonds. The molecule has 1 atom stereocenters. The highest BCUT2D eigenvalue weighted by molar-refractivity contribution is 5.83. The molecule has 3 rings (SSSR count). The predicted molar refractivity (Wildman–Crippen MR) is 69.2 cm³/mol. The van der Waals surface area contributed by atoms with Gasteiger partial charge in [0.2, 0.25) is 6.41 Å². The highest BCUT2D eigenvalue weighted by Gasteiger charge is 2.23. The number of benzene rings is 1. The lowest BCUT2D eigenvalue weighted by Gasteiger charge is -2.26. The quantitative estimate of drug-likeness (QED) is 0.822. The van der Waals surface area contributed by atoms with Crippen molar-refractivity contribution in [3.05, 3.63) is 36.0 Å². The van der Waals surface area contributed by atoms with E-state index in [9.17, 15) is 4.79 Å². The highest BCUT2D eigenvalue weighted by atomic mass is 16.5. The van der Waals surface area contributed by atoms with Crippen molar-refractivity contribution in [2.45, 2.75) is 12.5 Å². The molecular formula is C14H16N2O2. The lowest BCUT2D eigenvalue weighted by molar-refractivity contribution is -0.120. The van der Waals surface area contributed by atoms with Gasteiger partial charge in [0, 0.05) is 30.3 Å². The predicted octanol–water partition coefficient (Wildman–Crippen LogP) is 2.09. The molecule has 4 heteroatoms. The summed E-state index contributed by atoms with van der Waals surface area (Å²) in [7, 11) is 0. The van der Waals surface area contributed by atoms with Crippen LogP contribution in [-0.4, -0.2) is 36.1 Å². The third-order valence-corrected chi connectivity index (χ3v) is 3.50. The van der Waals surface area contributed by atoms with Crippen LogP contribution in [0.25, 0.3) is 10.9 Å². The molecule has 0 unspecified atom stereocenters. The van der Waals surface area contributed by atoms with Gasteiger partial charge in [-0.2, -0.15) is 0 Å². The molecule has 1 aromatic heterocycles. The van der Waals surface area contributed by atoms with Crippen molar-refractivity contribution >= 4 is 17.3 Å². The zero-order chi connectivity index (χ0) is 12.4. The maximum absolute atomic E-state index is 11.2. The second-order valence-electron chi connectivity index (χ2n) is 4.57. The van der Waals surface area contributed by atoms with E-state index in [4.69, 9.17) is 4.74 Å². The fourth-order valence-corrected chi connectivity index (χ4v) is 2.59. The number of carbonyl (C=O) groups is 1. The van der Waals surface area contributed by atoms with Gasteiger partial charge < -0.3 is 14.6 Å². The maximum atomic E-state index is 11.2. The number of aromatic nitrogens is 1. The van der Waals surface area contributed by atoms with Crippen LogP contribution in [0.15, 0.2) is 30.5 Å². The van der Waals surface area contributed by atoms with Crippen molar-refractivity contribution in [3.63, 3.8) is 0 Å². The fourth-order valence-electron chi connectivity index (χ4n) is 2.59. The van der Waals surface area contributed by atoms with Gasteiger partial charge in [-0.15, -0.1) is 0 Å². The third kappa shape index (κ3) is 1.88. The Morgan fingerprint density at radius 1 is 1.39 bits per heavy atom. The molecule has 2 aromatic rings. The molecular weight excluding hydrogens is 228 g/mol. The first kappa shape index (κ1) is 11.3. The third-order valence-electron chi connectivity index (χ3n) is 3.50. The molecule has 0 aliphatic carbocycles. The molecule has 1 aromatic carbocycles. The Kier molecular flexibility index (Phi) is 3.02. The second-order valence-corrected chi connectivity index (χ2v) is 4.57. The number of nitrogens with one attached hydrogen (secondary N) is 1. The summed E-state index contributed by atoms with van der Waals surface area (Å²) in [6.45, 7) is 2.06. The average Bonchev–Trinajstić information content (AvgIpc) is 2.76. The standard InChI is InChI=1S/C14H16N2O2/c17-10-16-7-2-8-18-9-14(16)12-3-1-4-13-11(12)5-6-15-13/h1,3-6,10,14-15H,2,7-9H2/t14-/m0/s1. The molecule has 1 N–H and O–H groups in total. The van der Waals surface area contributed by atoms with E-state index in [1.165, 1.54) is 5.39 Å². The van der Waals surface area contributed by atoms with Gasteiger partial charge in [0.25, 0.3) is 0 Å². The summed E-state index contributed by atoms with van der Waals surface area (Å²) in [6, 6.07) is 8.21. The monoisotopic (exact) mass is 244 g/mol. The summed E-state index contributed by atoms with van der Waals surface area (Å²) in [4.78, 5) is 16.3. The van der Waals surface area contributed by atoms with Gasteiger partial charge in [-0.3, -0.25) is 4.79 Å². The number of H-pyrrole nitrogens is 1. The first-order chi connectivity index (χ1) is 8.90. The van der Waals surface area contributed by atoms with Crippen LogP contribution in [0.5, 0.6) is 0 Å². The Bertz CT molecular complexity index is 549. The molecule has 1 aliphatic rings. The van der Waals surface area contributed by atoms with Crippen LogP contribution < -0.4 is 0 Å². The molecule has 4 nitrogen and oxygen atoms in total. The first-order valence-corrected chi connectivity index (χ1v) is 6.25. The Morgan fingerprint density at radius 3 is 3.22 bits per heavy atom. The minimum absolute atomic E-state index is 0.0181. The van der Waals surface area contributed by atoms with Crippen molar-refractivity contribution in [1.82, 2.24) is 9.88 Å². The van der Waals surface area contributed by atoms with Crippen molar-refractivity contribution in [1.29, 1.82) is 0 Å². The maximum Gasteiger partial charge on any atom is 0.210 e. The molecule has 18 heavy (non-hydrogen) atoms. The Balaban J connectivity index is 2.05. The van der Waals surface area contributed by atoms with Crippen LogP contribution in [0.2, 0.25) is 0 Å². The summed E-state index contributed by atoms with van der Waals surface area (Å²) in [5.74, 6) is 0. The van der Waals surface area contributed by atoms with Crippen LogP contribution in [0.3, 0.4) is 0 Å². The Hall–Kier alpha value is -1.81. The van der Waals surface area contributed by atoms with Crippen molar-refractivity contribution < 1.29 is 9.53 Å². The summed E-state index contributed by atoms with van der Waals surface area (Å²) in [6.07, 6.45) is 3.76. The van der Waals surface area contributed by atoms with Gasteiger partial charge in [0.05, 0.1) is 12.6 Å². The second kappa shape index (κ2) is 4.82. The molecule has 0 bridgehead atoms. The van der Waals surface area contributed by atoms with Crippen molar-refractivity contribution in [2.24, 2.45) is 0 Å². The Labute approximate surface area is 106 Å². The fraction of sp³-hybridized carbons (Fsp3) is 0.357. The number of amides is 1. The summed E-state index contributed by atoms with van der Waals surface area (Å²) < 4.78 is 5.61. The molecule has 1 saturated heterocycles. The van der Waals surface area contributed by atoms with E-state index in [1.54, 1.807) is 0 Å². The zero-order valence-corrected chi connectivity index (χ0v) is 10.1. The number of fused-ring (bicyclic) bond motifs is 1. The van der Waals surface area contributed by atoms with Crippen LogP contribution in [0.1, 0.15) is 18.0 Å². The minimum Gasteiger partial charge on any atom is -0.379 e. The van der Waals surface area contributed by atoms with Gasteiger partial charge in [-0.05, 0) is 24.1 Å². The number of aromatic amines is 1. The molecule has 2 heterocycles. The summed E-state index contributed by atoms with van der Waals surface area (Å²) in [5.41, 5.74) is 2.25. The van der Waals surface area contributed by atoms with Gasteiger partial charge in [-0.25, -0.2) is 0 Å². The molecule has 94 valence electrons. The van der Waals surface area contributed by atoms with Gasteiger partial charge in [0.1, 0.15) is 0 Å². The molecule has 1 aliphatic heterocycles. The van der Waals surface area contributed by atoms with Crippen LogP contribution in [-0.2, 0) is 9.53 Å². The number of ether oxygens (including phenoxy) is 1. The van der Waals surface area contributed by atoms with E-state index in [0.717, 1.165) is 37.1 Å². The van der Waals surface area contributed by atoms with Crippen molar-refractivity contribution in [3.8, 4) is 0 Å². The first-order valence-electron chi connectivity index (χ1n) is 6.25. The lowest BCUT2D eigenvalue weighted by atomic mass is 10.0. The number of hydrogen-bond acceptors (Lipinski definition) is 2. The normalized spacial score (nSPS) is 20.9. The van der Waals surface area contributed by atoms with Crippen LogP contribution in [0.4, 0.5) is 0 Å². The van der Waals surface area contributed by atoms with Gasteiger partial charge >= 0.3 is 0 Å². The van der Waals surface area contributed by atoms with Gasteiger partial charge in [0.15, 0.2) is 0 Å². The number of hydrogen-bond donors (Lipinski definition) is 1. The summed E-state index contributed by atoms with van der Waals surface area (Å²) >= 11 is 0. The van der Waals surface area contributed by atoms with E-state index < -0.39 is 0 Å². The zero-order valence-electron chi connectivity index (χ0n) is 10.1. The number of carbonyl (C=O) groups excluding carboxylic acids is 1. The highest BCUT2D eigenvalue weighted by Crippen LogP contribution is 2.28. The minimum atomic E-state index is 0.0181.